The Bertz CT molecular complexity index is 5200. The second kappa shape index (κ2) is 41.6. The molecule has 12 aromatic rings. The number of piperidine rings is 4. The van der Waals surface area contributed by atoms with Gasteiger partial charge < -0.3 is 82.2 Å². The van der Waals surface area contributed by atoms with Crippen molar-refractivity contribution in [2.24, 2.45) is 0 Å². The minimum atomic E-state index is 0.139. The average Bonchev–Trinajstić information content (AvgIpc) is 0.800. The lowest BCUT2D eigenvalue weighted by Crippen LogP contribution is -2.49. The maximum atomic E-state index is 10.1. The van der Waals surface area contributed by atoms with Crippen LogP contribution in [0.3, 0.4) is 0 Å². The summed E-state index contributed by atoms with van der Waals surface area (Å²) in [7, 11) is 1.67. The van der Waals surface area contributed by atoms with E-state index < -0.39 is 0 Å². The lowest BCUT2D eigenvalue weighted by molar-refractivity contribution is 0.317. The van der Waals surface area contributed by atoms with Crippen LogP contribution in [-0.4, -0.2) is 141 Å². The fraction of sp³-hybridized carbons (Fsp3) is 0.406. The van der Waals surface area contributed by atoms with Crippen molar-refractivity contribution in [3.05, 3.63) is 236 Å². The van der Waals surface area contributed by atoms with Gasteiger partial charge in [0, 0.05) is 236 Å². The van der Waals surface area contributed by atoms with E-state index in [1.807, 2.05) is 60.7 Å². The molecule has 125 heavy (non-hydrogen) atoms. The van der Waals surface area contributed by atoms with Crippen molar-refractivity contribution in [3.63, 3.8) is 0 Å². The number of hydrogen-bond acceptors (Lipinski definition) is 20. The van der Waals surface area contributed by atoms with Crippen molar-refractivity contribution in [2.45, 2.75) is 207 Å². The molecule has 662 valence electrons. The molecule has 8 heterocycles. The first kappa shape index (κ1) is 92.7. The molecule has 0 radical (unpaired) electrons. The van der Waals surface area contributed by atoms with Gasteiger partial charge >= 0.3 is 0 Å². The minimum Gasteiger partial charge on any atom is -0.508 e. The van der Waals surface area contributed by atoms with Crippen LogP contribution in [0.1, 0.15) is 157 Å². The number of pyridine rings is 4. The van der Waals surface area contributed by atoms with E-state index in [1.54, 1.807) is 43.5 Å². The number of rotatable bonds is 21. The first-order valence-corrected chi connectivity index (χ1v) is 45.6. The Balaban J connectivity index is 0.000000143. The van der Waals surface area contributed by atoms with Gasteiger partial charge in [-0.15, -0.1) is 0 Å². The van der Waals surface area contributed by atoms with Gasteiger partial charge in [-0.1, -0.05) is 143 Å². The molecule has 0 saturated carbocycles. The number of benzene rings is 8. The average molecular weight is 1770 g/mol. The molecule has 0 aliphatic carbocycles. The summed E-state index contributed by atoms with van der Waals surface area (Å²) in [4.78, 5) is 29.2. The summed E-state index contributed by atoms with van der Waals surface area (Å²) in [5.74, 6) is 4.62. The Hall–Kier alpha value is -10.0. The number of phenols is 3. The van der Waals surface area contributed by atoms with Gasteiger partial charge in [-0.2, -0.15) is 0 Å². The summed E-state index contributed by atoms with van der Waals surface area (Å²) in [6.45, 7) is 37.0. The van der Waals surface area contributed by atoms with E-state index in [0.717, 1.165) is 177 Å². The first-order valence-electron chi connectivity index (χ1n) is 44.1. The fourth-order valence-electron chi connectivity index (χ4n) is 17.2. The quantitative estimate of drug-likeness (QED) is 0.0321. The monoisotopic (exact) mass is 1770 g/mol. The number of methoxy groups -OCH3 is 1. The Kier molecular flexibility index (Phi) is 30.9. The van der Waals surface area contributed by atoms with Crippen LogP contribution in [0, 0.1) is 0 Å². The van der Waals surface area contributed by atoms with Crippen LogP contribution in [0.4, 0.5) is 46.0 Å². The number of anilines is 8. The van der Waals surface area contributed by atoms with E-state index in [1.165, 1.54) is 44.3 Å². The number of para-hydroxylation sites is 4. The lowest BCUT2D eigenvalue weighted by Gasteiger charge is -2.37. The van der Waals surface area contributed by atoms with Crippen LogP contribution in [-0.2, 0) is 26.2 Å². The summed E-state index contributed by atoms with van der Waals surface area (Å²) in [5.41, 5.74) is 12.8. The van der Waals surface area contributed by atoms with Gasteiger partial charge in [0.1, 0.15) is 46.3 Å². The predicted molar refractivity (Wildman–Crippen MR) is 526 cm³/mol. The van der Waals surface area contributed by atoms with Crippen LogP contribution >= 0.6 is 46.4 Å². The van der Waals surface area contributed by atoms with E-state index in [2.05, 4.69) is 242 Å². The highest BCUT2D eigenvalue weighted by molar-refractivity contribution is 6.31. The molecule has 8 aromatic carbocycles. The number of halogens is 4. The summed E-state index contributed by atoms with van der Waals surface area (Å²) in [6, 6.07) is 65.3. The van der Waals surface area contributed by atoms with Gasteiger partial charge in [0.25, 0.3) is 0 Å². The van der Waals surface area contributed by atoms with Crippen molar-refractivity contribution in [3.8, 4) is 23.0 Å². The highest BCUT2D eigenvalue weighted by Crippen LogP contribution is 2.39. The molecule has 0 spiro atoms. The second-order valence-electron chi connectivity index (χ2n) is 37.5. The number of fused-ring (bicyclic) bond motifs is 4. The molecule has 20 nitrogen and oxygen atoms in total. The third-order valence-electron chi connectivity index (χ3n) is 22.9. The highest BCUT2D eigenvalue weighted by Gasteiger charge is 2.30. The molecule has 4 aliphatic heterocycles. The van der Waals surface area contributed by atoms with Gasteiger partial charge in [0.15, 0.2) is 0 Å². The van der Waals surface area contributed by atoms with Crippen molar-refractivity contribution in [1.82, 2.24) is 41.2 Å². The van der Waals surface area contributed by atoms with E-state index in [0.29, 0.717) is 70.4 Å². The third kappa shape index (κ3) is 26.6. The highest BCUT2D eigenvalue weighted by atomic mass is 35.5. The smallest absolute Gasteiger partial charge is 0.129 e. The summed E-state index contributed by atoms with van der Waals surface area (Å²) in [6.07, 6.45) is 9.00. The van der Waals surface area contributed by atoms with Gasteiger partial charge in [-0.25, -0.2) is 19.9 Å². The van der Waals surface area contributed by atoms with Crippen LogP contribution in [0.25, 0.3) is 43.6 Å². The van der Waals surface area contributed by atoms with Crippen molar-refractivity contribution >= 4 is 136 Å². The van der Waals surface area contributed by atoms with Crippen LogP contribution in [0.2, 0.25) is 20.1 Å². The zero-order valence-electron chi connectivity index (χ0n) is 74.8. The van der Waals surface area contributed by atoms with Gasteiger partial charge in [0.05, 0.1) is 29.2 Å². The van der Waals surface area contributed by atoms with Crippen molar-refractivity contribution in [2.75, 3.05) is 100 Å². The van der Waals surface area contributed by atoms with Gasteiger partial charge in [-0.3, -0.25) is 0 Å². The van der Waals surface area contributed by atoms with Crippen LogP contribution in [0.5, 0.6) is 23.0 Å². The summed E-state index contributed by atoms with van der Waals surface area (Å²) < 4.78 is 5.49. The first-order chi connectivity index (χ1) is 59.7. The molecule has 16 rings (SSSR count). The number of nitrogens with zero attached hydrogens (tertiary/aromatic N) is 8. The normalized spacial score (nSPS) is 15.4. The molecular weight excluding hydrogens is 1640 g/mol. The van der Waals surface area contributed by atoms with Gasteiger partial charge in [0.2, 0.25) is 0 Å². The minimum absolute atomic E-state index is 0.139. The molecule has 0 bridgehead atoms. The second-order valence-corrected chi connectivity index (χ2v) is 39.2. The molecule has 24 heteroatoms. The molecule has 4 aromatic heterocycles. The van der Waals surface area contributed by atoms with Crippen molar-refractivity contribution in [1.29, 1.82) is 0 Å². The van der Waals surface area contributed by atoms with E-state index in [-0.39, 0.29) is 39.4 Å². The summed E-state index contributed by atoms with van der Waals surface area (Å²) >= 11 is 24.0. The topological polar surface area (TPSA) is 231 Å². The Morgan fingerprint density at radius 1 is 0.304 bits per heavy atom. The zero-order chi connectivity index (χ0) is 88.7. The number of phenolic OH excluding ortho intramolecular Hbond substituents is 3. The number of aromatic hydroxyl groups is 3. The molecule has 0 amide bonds. The Labute approximate surface area is 759 Å². The largest absolute Gasteiger partial charge is 0.508 e. The standard InChI is InChI=1S/C26H33ClN4O.3C25H31ClN4O/c1-26(2,3)30-20-11-13-31(14-12-20)23-16-25(29-22-8-6-5-7-21(22)23)28-17-18-9-10-19(27)15-24(18)32-4;3*1-25(2,3)29-19-10-12-30(13-11-19)22-15-24(28-21-7-5-4-6-20(21)22)27-16-17-8-9-18(26)14-23(17)31/h5-10,15-16,20,30H,11-14,17H2,1-4H3,(H,28,29);3*4-9,14-15,19,29,31H,10-13,16H2,1-3H3,(H,27,28). The molecular formula is C101H126Cl4N16O4. The predicted octanol–water partition coefficient (Wildman–Crippen LogP) is 22.6. The molecule has 4 fully saturated rings. The van der Waals surface area contributed by atoms with Crippen LogP contribution < -0.4 is 66.9 Å². The maximum Gasteiger partial charge on any atom is 0.129 e. The lowest BCUT2D eigenvalue weighted by atomic mass is 9.99. The van der Waals surface area contributed by atoms with E-state index in [4.69, 9.17) is 71.1 Å². The van der Waals surface area contributed by atoms with Crippen LogP contribution in [0.15, 0.2) is 194 Å². The molecule has 0 unspecified atom stereocenters. The Morgan fingerprint density at radius 2 is 0.520 bits per heavy atom. The number of hydrogen-bond donors (Lipinski definition) is 11. The molecule has 4 aliphatic rings. The number of aromatic nitrogens is 4. The zero-order valence-corrected chi connectivity index (χ0v) is 77.8. The number of nitrogens with one attached hydrogen (secondary N) is 8. The van der Waals surface area contributed by atoms with Gasteiger partial charge in [-0.05, 0) is 207 Å². The molecule has 11 N–H and O–H groups in total. The summed E-state index contributed by atoms with van der Waals surface area (Å²) in [5, 5.41) is 66.0. The number of ether oxygens (including phenoxy) is 1. The third-order valence-corrected chi connectivity index (χ3v) is 23.8. The molecule has 4 saturated heterocycles. The SMILES string of the molecule is CC(C)(C)NC1CCN(c2cc(NCc3ccc(Cl)cc3O)nc3ccccc23)CC1.CC(C)(C)NC1CCN(c2cc(NCc3ccc(Cl)cc3O)nc3ccccc23)CC1.CC(C)(C)NC1CCN(c2cc(NCc3ccc(Cl)cc3O)nc3ccccc23)CC1.COc1cc(Cl)ccc1CNc1cc(N2CCC(NC(C)(C)C)CC2)c2ccccc2n1. The van der Waals surface area contributed by atoms with E-state index in [9.17, 15) is 15.3 Å². The van der Waals surface area contributed by atoms with Crippen molar-refractivity contribution < 1.29 is 20.1 Å². The Morgan fingerprint density at radius 3 is 0.744 bits per heavy atom. The van der Waals surface area contributed by atoms with E-state index >= 15 is 0 Å². The fourth-order valence-corrected chi connectivity index (χ4v) is 17.9. The maximum absolute atomic E-state index is 10.1. The molecule has 0 atom stereocenters.